The molecule has 2 heteroatoms. The van der Waals surface area contributed by atoms with Crippen molar-refractivity contribution in [1.82, 2.24) is 0 Å². The standard InChI is InChI=1S/C10H21NO/c1-7(2)8(11)6-9(12)10(3,4)5/h6-8,12H,11H2,1-5H3/b9-6-. The zero-order valence-electron chi connectivity index (χ0n) is 8.76. The fourth-order valence-corrected chi connectivity index (χ4v) is 0.625. The van der Waals surface area contributed by atoms with E-state index in [0.717, 1.165) is 0 Å². The van der Waals surface area contributed by atoms with Gasteiger partial charge in [0.2, 0.25) is 0 Å². The number of hydrogen-bond acceptors (Lipinski definition) is 2. The molecule has 3 N–H and O–H groups in total. The number of rotatable bonds is 2. The van der Waals surface area contributed by atoms with Crippen LogP contribution in [0.1, 0.15) is 34.6 Å². The third-order valence-corrected chi connectivity index (χ3v) is 1.89. The fourth-order valence-electron chi connectivity index (χ4n) is 0.625. The average molecular weight is 171 g/mol. The minimum absolute atomic E-state index is 0.0516. The molecule has 0 fully saturated rings. The van der Waals surface area contributed by atoms with Crippen LogP contribution in [0.4, 0.5) is 0 Å². The average Bonchev–Trinajstić information content (AvgIpc) is 1.85. The second-order valence-electron chi connectivity index (χ2n) is 4.62. The molecule has 0 aliphatic carbocycles. The molecule has 0 spiro atoms. The van der Waals surface area contributed by atoms with E-state index in [4.69, 9.17) is 5.73 Å². The topological polar surface area (TPSA) is 46.2 Å². The Labute approximate surface area is 75.5 Å². The van der Waals surface area contributed by atoms with Gasteiger partial charge in [-0.05, 0) is 12.0 Å². The van der Waals surface area contributed by atoms with E-state index in [9.17, 15) is 5.11 Å². The lowest BCUT2D eigenvalue weighted by molar-refractivity contribution is 0.272. The molecule has 0 aliphatic heterocycles. The SMILES string of the molecule is CC(C)C(N)/C=C(\O)C(C)(C)C. The zero-order chi connectivity index (χ0) is 9.94. The highest BCUT2D eigenvalue weighted by Crippen LogP contribution is 2.23. The molecule has 0 aliphatic rings. The molecule has 0 heterocycles. The summed E-state index contributed by atoms with van der Waals surface area (Å²) < 4.78 is 0. The first-order valence-electron chi connectivity index (χ1n) is 4.42. The first-order chi connectivity index (χ1) is 5.25. The van der Waals surface area contributed by atoms with Gasteiger partial charge in [-0.3, -0.25) is 0 Å². The third-order valence-electron chi connectivity index (χ3n) is 1.89. The molecule has 0 rings (SSSR count). The summed E-state index contributed by atoms with van der Waals surface area (Å²) in [7, 11) is 0. The molecule has 1 atom stereocenters. The van der Waals surface area contributed by atoms with Crippen LogP contribution in [0, 0.1) is 11.3 Å². The van der Waals surface area contributed by atoms with Crippen molar-refractivity contribution >= 4 is 0 Å². The van der Waals surface area contributed by atoms with Gasteiger partial charge in [0.15, 0.2) is 0 Å². The van der Waals surface area contributed by atoms with Crippen molar-refractivity contribution in [2.45, 2.75) is 40.7 Å². The highest BCUT2D eigenvalue weighted by atomic mass is 16.3. The predicted octanol–water partition coefficient (Wildman–Crippen LogP) is 2.46. The Morgan fingerprint density at radius 3 is 2.00 bits per heavy atom. The minimum Gasteiger partial charge on any atom is -0.512 e. The van der Waals surface area contributed by atoms with Gasteiger partial charge in [-0.2, -0.15) is 0 Å². The van der Waals surface area contributed by atoms with Crippen molar-refractivity contribution in [3.63, 3.8) is 0 Å². The summed E-state index contributed by atoms with van der Waals surface area (Å²) in [6.45, 7) is 9.97. The number of allylic oxidation sites excluding steroid dienone is 1. The Kier molecular flexibility index (Phi) is 3.78. The highest BCUT2D eigenvalue weighted by molar-refractivity contribution is 5.05. The fraction of sp³-hybridized carbons (Fsp3) is 0.800. The van der Waals surface area contributed by atoms with Gasteiger partial charge in [0.1, 0.15) is 0 Å². The summed E-state index contributed by atoms with van der Waals surface area (Å²) in [6, 6.07) is -0.0516. The van der Waals surface area contributed by atoms with Gasteiger partial charge < -0.3 is 10.8 Å². The van der Waals surface area contributed by atoms with Crippen LogP contribution >= 0.6 is 0 Å². The third kappa shape index (κ3) is 3.77. The van der Waals surface area contributed by atoms with Crippen molar-refractivity contribution < 1.29 is 5.11 Å². The van der Waals surface area contributed by atoms with Crippen molar-refractivity contribution in [1.29, 1.82) is 0 Å². The van der Waals surface area contributed by atoms with E-state index in [1.807, 2.05) is 34.6 Å². The first kappa shape index (κ1) is 11.5. The van der Waals surface area contributed by atoms with E-state index in [1.165, 1.54) is 0 Å². The van der Waals surface area contributed by atoms with Gasteiger partial charge in [-0.1, -0.05) is 34.6 Å². The van der Waals surface area contributed by atoms with Crippen molar-refractivity contribution in [3.05, 3.63) is 11.8 Å². The van der Waals surface area contributed by atoms with Crippen LogP contribution in [0.3, 0.4) is 0 Å². The Morgan fingerprint density at radius 2 is 1.75 bits per heavy atom. The molecule has 0 aromatic rings. The van der Waals surface area contributed by atoms with Crippen molar-refractivity contribution in [2.24, 2.45) is 17.1 Å². The zero-order valence-corrected chi connectivity index (χ0v) is 8.76. The molecule has 0 radical (unpaired) electrons. The summed E-state index contributed by atoms with van der Waals surface area (Å²) in [5.41, 5.74) is 5.59. The Hall–Kier alpha value is -0.500. The number of aliphatic hydroxyl groups is 1. The number of hydrogen-bond donors (Lipinski definition) is 2. The number of aliphatic hydroxyl groups excluding tert-OH is 1. The molecule has 0 aromatic heterocycles. The number of nitrogens with two attached hydrogens (primary N) is 1. The van der Waals surface area contributed by atoms with Gasteiger partial charge in [0.25, 0.3) is 0 Å². The Balaban J connectivity index is 4.36. The Morgan fingerprint density at radius 1 is 1.33 bits per heavy atom. The van der Waals surface area contributed by atoms with Crippen LogP contribution in [0.2, 0.25) is 0 Å². The van der Waals surface area contributed by atoms with E-state index >= 15 is 0 Å². The van der Waals surface area contributed by atoms with E-state index in [2.05, 4.69) is 0 Å². The molecule has 1 unspecified atom stereocenters. The van der Waals surface area contributed by atoms with Gasteiger partial charge >= 0.3 is 0 Å². The maximum Gasteiger partial charge on any atom is 0.0951 e. The van der Waals surface area contributed by atoms with E-state index in [0.29, 0.717) is 11.7 Å². The van der Waals surface area contributed by atoms with Crippen molar-refractivity contribution in [3.8, 4) is 0 Å². The molecule has 2 nitrogen and oxygen atoms in total. The second-order valence-corrected chi connectivity index (χ2v) is 4.62. The van der Waals surface area contributed by atoms with Gasteiger partial charge in [-0.25, -0.2) is 0 Å². The van der Waals surface area contributed by atoms with Crippen LogP contribution in [-0.2, 0) is 0 Å². The molecule has 0 bridgehead atoms. The maximum atomic E-state index is 9.59. The monoisotopic (exact) mass is 171 g/mol. The molecule has 0 saturated heterocycles. The smallest absolute Gasteiger partial charge is 0.0951 e. The molecule has 0 aromatic carbocycles. The largest absolute Gasteiger partial charge is 0.512 e. The van der Waals surface area contributed by atoms with E-state index < -0.39 is 0 Å². The lowest BCUT2D eigenvalue weighted by atomic mass is 9.91. The van der Waals surface area contributed by atoms with Gasteiger partial charge in [-0.15, -0.1) is 0 Å². The van der Waals surface area contributed by atoms with Crippen LogP contribution in [0.5, 0.6) is 0 Å². The van der Waals surface area contributed by atoms with E-state index in [-0.39, 0.29) is 11.5 Å². The minimum atomic E-state index is -0.188. The van der Waals surface area contributed by atoms with Crippen LogP contribution < -0.4 is 5.73 Å². The van der Waals surface area contributed by atoms with Crippen LogP contribution in [0.25, 0.3) is 0 Å². The Bertz CT molecular complexity index is 165. The van der Waals surface area contributed by atoms with E-state index in [1.54, 1.807) is 6.08 Å². The van der Waals surface area contributed by atoms with Gasteiger partial charge in [0.05, 0.1) is 5.76 Å². The van der Waals surface area contributed by atoms with Crippen LogP contribution in [0.15, 0.2) is 11.8 Å². The normalized spacial score (nSPS) is 16.8. The summed E-state index contributed by atoms with van der Waals surface area (Å²) in [4.78, 5) is 0. The summed E-state index contributed by atoms with van der Waals surface area (Å²) in [5.74, 6) is 0.748. The molecule has 0 amide bonds. The quantitative estimate of drug-likeness (QED) is 0.627. The lowest BCUT2D eigenvalue weighted by Crippen LogP contribution is -2.25. The maximum absolute atomic E-state index is 9.59. The second kappa shape index (κ2) is 3.94. The molecular formula is C10H21NO. The summed E-state index contributed by atoms with van der Waals surface area (Å²) in [6.07, 6.45) is 1.74. The molecular weight excluding hydrogens is 150 g/mol. The molecule has 0 saturated carbocycles. The van der Waals surface area contributed by atoms with Crippen LogP contribution in [-0.4, -0.2) is 11.1 Å². The molecule has 12 heavy (non-hydrogen) atoms. The summed E-state index contributed by atoms with van der Waals surface area (Å²) >= 11 is 0. The predicted molar refractivity (Wildman–Crippen MR) is 53.0 cm³/mol. The van der Waals surface area contributed by atoms with Crippen molar-refractivity contribution in [2.75, 3.05) is 0 Å². The lowest BCUT2D eigenvalue weighted by Gasteiger charge is -2.20. The highest BCUT2D eigenvalue weighted by Gasteiger charge is 2.17. The molecule has 72 valence electrons. The summed E-state index contributed by atoms with van der Waals surface area (Å²) in [5, 5.41) is 9.59. The first-order valence-corrected chi connectivity index (χ1v) is 4.42. The van der Waals surface area contributed by atoms with Gasteiger partial charge in [0, 0.05) is 11.5 Å².